The van der Waals surface area contributed by atoms with Crippen LogP contribution in [-0.4, -0.2) is 30.4 Å². The summed E-state index contributed by atoms with van der Waals surface area (Å²) in [5, 5.41) is 0. The molecule has 0 saturated heterocycles. The molecule has 0 aliphatic heterocycles. The summed E-state index contributed by atoms with van der Waals surface area (Å²) in [5.41, 5.74) is 0.798. The lowest BCUT2D eigenvalue weighted by Gasteiger charge is -2.23. The van der Waals surface area contributed by atoms with Crippen molar-refractivity contribution in [2.24, 2.45) is 7.05 Å². The second kappa shape index (κ2) is 6.08. The summed E-state index contributed by atoms with van der Waals surface area (Å²) >= 11 is 5.76. The molecule has 1 aromatic heterocycles. The van der Waals surface area contributed by atoms with E-state index in [1.165, 1.54) is 4.31 Å². The number of hydrogen-bond donors (Lipinski definition) is 0. The fraction of sp³-hybridized carbons (Fsp3) is 0.667. The quantitative estimate of drug-likeness (QED) is 0.756. The van der Waals surface area contributed by atoms with Crippen LogP contribution in [0.5, 0.6) is 0 Å². The molecule has 0 N–H and O–H groups in total. The van der Waals surface area contributed by atoms with E-state index >= 15 is 0 Å². The van der Waals surface area contributed by atoms with E-state index in [-0.39, 0.29) is 6.04 Å². The van der Waals surface area contributed by atoms with E-state index in [1.807, 2.05) is 13.8 Å². The summed E-state index contributed by atoms with van der Waals surface area (Å²) in [6, 6.07) is 1.64. The molecule has 0 spiro atoms. The normalized spacial score (nSPS) is 14.1. The molecule has 0 saturated carbocycles. The Labute approximate surface area is 115 Å². The van der Waals surface area contributed by atoms with Gasteiger partial charge in [0.1, 0.15) is 4.90 Å². The van der Waals surface area contributed by atoms with Gasteiger partial charge in [0.05, 0.1) is 5.88 Å². The van der Waals surface area contributed by atoms with Crippen LogP contribution < -0.4 is 0 Å². The number of alkyl halides is 1. The van der Waals surface area contributed by atoms with Crippen LogP contribution in [0.15, 0.2) is 17.2 Å². The van der Waals surface area contributed by atoms with Gasteiger partial charge in [0, 0.05) is 32.0 Å². The van der Waals surface area contributed by atoms with E-state index in [9.17, 15) is 8.42 Å². The predicted molar refractivity (Wildman–Crippen MR) is 74.3 cm³/mol. The van der Waals surface area contributed by atoms with Crippen molar-refractivity contribution in [3.05, 3.63) is 18.0 Å². The van der Waals surface area contributed by atoms with Crippen LogP contribution in [0.1, 0.15) is 32.4 Å². The van der Waals surface area contributed by atoms with E-state index in [2.05, 4.69) is 0 Å². The van der Waals surface area contributed by atoms with E-state index in [1.54, 1.807) is 30.9 Å². The standard InChI is InChI=1S/C12H21ClN2O2S/c1-5-6-10(2)15(4)18(16,17)12-7-11(8-13)14(3)9-12/h7,9-10H,5-6,8H2,1-4H3. The molecule has 1 atom stereocenters. The van der Waals surface area contributed by atoms with E-state index in [4.69, 9.17) is 11.6 Å². The van der Waals surface area contributed by atoms with E-state index < -0.39 is 10.0 Å². The Morgan fingerprint density at radius 1 is 1.50 bits per heavy atom. The lowest BCUT2D eigenvalue weighted by molar-refractivity contribution is 0.368. The minimum atomic E-state index is -3.42. The molecule has 0 aliphatic carbocycles. The highest BCUT2D eigenvalue weighted by Gasteiger charge is 2.26. The highest BCUT2D eigenvalue weighted by atomic mass is 35.5. The van der Waals surface area contributed by atoms with Crippen molar-refractivity contribution in [3.63, 3.8) is 0 Å². The van der Waals surface area contributed by atoms with Crippen molar-refractivity contribution in [3.8, 4) is 0 Å². The number of aromatic nitrogens is 1. The summed E-state index contributed by atoms with van der Waals surface area (Å²) in [4.78, 5) is 0.311. The number of nitrogens with zero attached hydrogens (tertiary/aromatic N) is 2. The third-order valence-electron chi connectivity index (χ3n) is 3.22. The summed E-state index contributed by atoms with van der Waals surface area (Å²) in [6.45, 7) is 3.97. The van der Waals surface area contributed by atoms with E-state index in [0.29, 0.717) is 10.8 Å². The van der Waals surface area contributed by atoms with Crippen molar-refractivity contribution < 1.29 is 8.42 Å². The summed E-state index contributed by atoms with van der Waals surface area (Å²) in [7, 11) is 0.00751. The number of halogens is 1. The van der Waals surface area contributed by atoms with Crippen molar-refractivity contribution in [1.82, 2.24) is 8.87 Å². The van der Waals surface area contributed by atoms with E-state index in [0.717, 1.165) is 18.5 Å². The molecule has 0 aliphatic rings. The molecule has 1 rings (SSSR count). The van der Waals surface area contributed by atoms with Gasteiger partial charge in [-0.05, 0) is 19.4 Å². The van der Waals surface area contributed by atoms with Gasteiger partial charge in [0.15, 0.2) is 0 Å². The molecule has 6 heteroatoms. The first-order valence-corrected chi connectivity index (χ1v) is 8.01. The minimum Gasteiger partial charge on any atom is -0.352 e. The summed E-state index contributed by atoms with van der Waals surface area (Å²) in [5.74, 6) is 0.306. The molecule has 0 radical (unpaired) electrons. The Bertz CT molecular complexity index is 496. The Balaban J connectivity index is 3.05. The molecule has 104 valence electrons. The second-order valence-corrected chi connectivity index (χ2v) is 6.84. The smallest absolute Gasteiger partial charge is 0.244 e. The SMILES string of the molecule is CCCC(C)N(C)S(=O)(=O)c1cc(CCl)n(C)c1. The van der Waals surface area contributed by atoms with Gasteiger partial charge in [0.25, 0.3) is 0 Å². The van der Waals surface area contributed by atoms with Crippen LogP contribution in [0.4, 0.5) is 0 Å². The summed E-state index contributed by atoms with van der Waals surface area (Å²) < 4.78 is 28.0. The zero-order chi connectivity index (χ0) is 13.9. The maximum atomic E-state index is 12.4. The second-order valence-electron chi connectivity index (χ2n) is 4.57. The highest BCUT2D eigenvalue weighted by molar-refractivity contribution is 7.89. The third kappa shape index (κ3) is 3.08. The van der Waals surface area contributed by atoms with Crippen molar-refractivity contribution >= 4 is 21.6 Å². The predicted octanol–water partition coefficient (Wildman–Crippen LogP) is 2.57. The van der Waals surface area contributed by atoms with Crippen LogP contribution in [-0.2, 0) is 23.0 Å². The van der Waals surface area contributed by atoms with Gasteiger partial charge >= 0.3 is 0 Å². The van der Waals surface area contributed by atoms with Crippen molar-refractivity contribution in [2.75, 3.05) is 7.05 Å². The molecule has 4 nitrogen and oxygen atoms in total. The molecule has 1 heterocycles. The van der Waals surface area contributed by atoms with Crippen LogP contribution in [0.3, 0.4) is 0 Å². The number of aryl methyl sites for hydroxylation is 1. The molecule has 0 aromatic carbocycles. The van der Waals surface area contributed by atoms with Gasteiger partial charge in [-0.25, -0.2) is 8.42 Å². The fourth-order valence-electron chi connectivity index (χ4n) is 1.85. The molecule has 1 unspecified atom stereocenters. The van der Waals surface area contributed by atoms with Gasteiger partial charge in [-0.1, -0.05) is 13.3 Å². The zero-order valence-corrected chi connectivity index (χ0v) is 12.9. The first-order chi connectivity index (χ1) is 8.34. The first-order valence-electron chi connectivity index (χ1n) is 6.03. The number of sulfonamides is 1. The molecular weight excluding hydrogens is 272 g/mol. The monoisotopic (exact) mass is 292 g/mol. The van der Waals surface area contributed by atoms with Gasteiger partial charge in [0.2, 0.25) is 10.0 Å². The maximum absolute atomic E-state index is 12.4. The Hall–Kier alpha value is -0.520. The number of rotatable bonds is 6. The first kappa shape index (κ1) is 15.5. The average molecular weight is 293 g/mol. The molecular formula is C12H21ClN2O2S. The largest absolute Gasteiger partial charge is 0.352 e. The molecule has 18 heavy (non-hydrogen) atoms. The average Bonchev–Trinajstić information content (AvgIpc) is 2.70. The highest BCUT2D eigenvalue weighted by Crippen LogP contribution is 2.21. The lowest BCUT2D eigenvalue weighted by Crippen LogP contribution is -2.34. The van der Waals surface area contributed by atoms with Crippen LogP contribution >= 0.6 is 11.6 Å². The molecule has 1 aromatic rings. The Kier molecular flexibility index (Phi) is 5.25. The van der Waals surface area contributed by atoms with Crippen molar-refractivity contribution in [1.29, 1.82) is 0 Å². The van der Waals surface area contributed by atoms with Crippen LogP contribution in [0, 0.1) is 0 Å². The van der Waals surface area contributed by atoms with Gasteiger partial charge in [-0.15, -0.1) is 11.6 Å². The topological polar surface area (TPSA) is 42.3 Å². The zero-order valence-electron chi connectivity index (χ0n) is 11.4. The lowest BCUT2D eigenvalue weighted by atomic mass is 10.2. The minimum absolute atomic E-state index is 0.000317. The third-order valence-corrected chi connectivity index (χ3v) is 5.43. The van der Waals surface area contributed by atoms with Crippen LogP contribution in [0.2, 0.25) is 0 Å². The van der Waals surface area contributed by atoms with Gasteiger partial charge < -0.3 is 4.57 Å². The van der Waals surface area contributed by atoms with Gasteiger partial charge in [-0.2, -0.15) is 4.31 Å². The molecule has 0 amide bonds. The Morgan fingerprint density at radius 2 is 2.11 bits per heavy atom. The Morgan fingerprint density at radius 3 is 2.56 bits per heavy atom. The fourth-order valence-corrected chi connectivity index (χ4v) is 3.61. The molecule has 0 bridgehead atoms. The number of hydrogen-bond acceptors (Lipinski definition) is 2. The van der Waals surface area contributed by atoms with Crippen molar-refractivity contribution in [2.45, 2.75) is 43.5 Å². The maximum Gasteiger partial charge on any atom is 0.244 e. The van der Waals surface area contributed by atoms with Crippen LogP contribution in [0.25, 0.3) is 0 Å². The summed E-state index contributed by atoms with van der Waals surface area (Å²) in [6.07, 6.45) is 3.43. The molecule has 0 fully saturated rings. The van der Waals surface area contributed by atoms with Gasteiger partial charge in [-0.3, -0.25) is 0 Å².